The van der Waals surface area contributed by atoms with Gasteiger partial charge in [0.15, 0.2) is 6.61 Å². The van der Waals surface area contributed by atoms with Gasteiger partial charge >= 0.3 is 5.97 Å². The molecule has 2 aromatic carbocycles. The fourth-order valence-corrected chi connectivity index (χ4v) is 4.20. The topological polar surface area (TPSA) is 80.8 Å². The summed E-state index contributed by atoms with van der Waals surface area (Å²) in [6.07, 6.45) is 1.46. The number of halogens is 1. The normalized spacial score (nSPS) is 13.4. The Kier molecular flexibility index (Phi) is 7.83. The minimum Gasteiger partial charge on any atom is -0.452 e. The first kappa shape index (κ1) is 23.1. The number of para-hydroxylation sites is 1. The lowest BCUT2D eigenvalue weighted by Crippen LogP contribution is -2.36. The minimum atomic E-state index is -0.602. The molecular weight excluding hydrogens is 462 g/mol. The average Bonchev–Trinajstić information content (AvgIpc) is 2.86. The third-order valence-corrected chi connectivity index (χ3v) is 6.19. The Morgan fingerprint density at radius 1 is 1.06 bits per heavy atom. The first-order chi connectivity index (χ1) is 16.1. The number of ether oxygens (including phenoxy) is 2. The summed E-state index contributed by atoms with van der Waals surface area (Å²) < 4.78 is 10.5. The van der Waals surface area contributed by atoms with E-state index in [1.807, 2.05) is 42.5 Å². The summed E-state index contributed by atoms with van der Waals surface area (Å²) in [4.78, 5) is 33.0. The zero-order chi connectivity index (χ0) is 23.0. The maximum absolute atomic E-state index is 12.4. The lowest BCUT2D eigenvalue weighted by Gasteiger charge is -2.27. The van der Waals surface area contributed by atoms with Crippen molar-refractivity contribution in [1.29, 1.82) is 0 Å². The van der Waals surface area contributed by atoms with E-state index < -0.39 is 18.5 Å². The third-order valence-electron chi connectivity index (χ3n) is 4.86. The summed E-state index contributed by atoms with van der Waals surface area (Å²) in [5.74, 6) is -0.247. The Labute approximate surface area is 201 Å². The van der Waals surface area contributed by atoms with Gasteiger partial charge in [0.25, 0.3) is 5.91 Å². The average molecular weight is 484 g/mol. The van der Waals surface area contributed by atoms with Gasteiger partial charge in [0, 0.05) is 34.1 Å². The second kappa shape index (κ2) is 11.2. The van der Waals surface area contributed by atoms with Crippen molar-refractivity contribution < 1.29 is 19.1 Å². The van der Waals surface area contributed by atoms with Gasteiger partial charge < -0.3 is 19.7 Å². The number of morpholine rings is 1. The molecule has 0 atom stereocenters. The predicted molar refractivity (Wildman–Crippen MR) is 128 cm³/mol. The molecule has 0 radical (unpaired) electrons. The summed E-state index contributed by atoms with van der Waals surface area (Å²) >= 11 is 7.44. The van der Waals surface area contributed by atoms with Gasteiger partial charge in [-0.05, 0) is 48.5 Å². The highest BCUT2D eigenvalue weighted by Crippen LogP contribution is 2.33. The number of hydrogen-bond acceptors (Lipinski definition) is 7. The Bertz CT molecular complexity index is 1100. The van der Waals surface area contributed by atoms with Gasteiger partial charge in [0.05, 0.1) is 24.5 Å². The molecule has 1 amide bonds. The third kappa shape index (κ3) is 6.47. The second-order valence-electron chi connectivity index (χ2n) is 7.18. The van der Waals surface area contributed by atoms with Crippen LogP contribution in [0.1, 0.15) is 10.4 Å². The summed E-state index contributed by atoms with van der Waals surface area (Å²) in [5, 5.41) is 3.46. The van der Waals surface area contributed by atoms with Crippen LogP contribution in [0.25, 0.3) is 0 Å². The van der Waals surface area contributed by atoms with E-state index in [2.05, 4.69) is 15.2 Å². The summed E-state index contributed by atoms with van der Waals surface area (Å²) in [6, 6.07) is 18.3. The number of esters is 1. The summed E-state index contributed by atoms with van der Waals surface area (Å²) in [7, 11) is 0. The number of carbonyl (C=O) groups excluding carboxylic acids is 2. The van der Waals surface area contributed by atoms with E-state index in [-0.39, 0.29) is 0 Å². The number of nitrogens with zero attached hydrogens (tertiary/aromatic N) is 2. The molecule has 170 valence electrons. The smallest absolute Gasteiger partial charge is 0.340 e. The zero-order valence-electron chi connectivity index (χ0n) is 17.7. The number of hydrogen-bond donors (Lipinski definition) is 1. The van der Waals surface area contributed by atoms with Crippen molar-refractivity contribution in [1.82, 2.24) is 4.98 Å². The minimum absolute atomic E-state index is 0.290. The van der Waals surface area contributed by atoms with Gasteiger partial charge in [-0.3, -0.25) is 4.79 Å². The quantitative estimate of drug-likeness (QED) is 0.495. The molecule has 1 fully saturated rings. The van der Waals surface area contributed by atoms with Gasteiger partial charge in [-0.15, -0.1) is 0 Å². The van der Waals surface area contributed by atoms with Crippen molar-refractivity contribution >= 4 is 46.7 Å². The SMILES string of the molecule is O=C(COC(=O)c1ccc(N2CCOCC2)nc1)Nc1ccccc1Sc1ccc(Cl)cc1. The summed E-state index contributed by atoms with van der Waals surface area (Å²) in [6.45, 7) is 2.43. The largest absolute Gasteiger partial charge is 0.452 e. The highest BCUT2D eigenvalue weighted by Gasteiger charge is 2.15. The molecule has 1 aliphatic rings. The zero-order valence-corrected chi connectivity index (χ0v) is 19.3. The van der Waals surface area contributed by atoms with Gasteiger partial charge in [-0.25, -0.2) is 9.78 Å². The number of carbonyl (C=O) groups is 2. The second-order valence-corrected chi connectivity index (χ2v) is 8.73. The fourth-order valence-electron chi connectivity index (χ4n) is 3.18. The van der Waals surface area contributed by atoms with Crippen molar-refractivity contribution in [2.24, 2.45) is 0 Å². The maximum Gasteiger partial charge on any atom is 0.340 e. The maximum atomic E-state index is 12.4. The van der Waals surface area contributed by atoms with Gasteiger partial charge in [0.2, 0.25) is 0 Å². The fraction of sp³-hybridized carbons (Fsp3) is 0.208. The molecule has 1 N–H and O–H groups in total. The van der Waals surface area contributed by atoms with E-state index >= 15 is 0 Å². The highest BCUT2D eigenvalue weighted by atomic mass is 35.5. The molecule has 3 aromatic rings. The molecule has 0 aliphatic carbocycles. The predicted octanol–water partition coefficient (Wildman–Crippen LogP) is 4.52. The van der Waals surface area contributed by atoms with E-state index in [1.54, 1.807) is 18.2 Å². The van der Waals surface area contributed by atoms with Crippen LogP contribution in [-0.2, 0) is 14.3 Å². The molecule has 33 heavy (non-hydrogen) atoms. The van der Waals surface area contributed by atoms with E-state index in [1.165, 1.54) is 18.0 Å². The molecule has 0 bridgehead atoms. The van der Waals surface area contributed by atoms with Crippen LogP contribution in [-0.4, -0.2) is 49.8 Å². The van der Waals surface area contributed by atoms with Gasteiger partial charge in [0.1, 0.15) is 5.82 Å². The van der Waals surface area contributed by atoms with Crippen LogP contribution >= 0.6 is 23.4 Å². The van der Waals surface area contributed by atoms with E-state index in [9.17, 15) is 9.59 Å². The molecular formula is C24H22ClN3O4S. The van der Waals surface area contributed by atoms with Crippen molar-refractivity contribution in [2.45, 2.75) is 9.79 Å². The molecule has 9 heteroatoms. The van der Waals surface area contributed by atoms with Crippen molar-refractivity contribution in [3.8, 4) is 0 Å². The highest BCUT2D eigenvalue weighted by molar-refractivity contribution is 7.99. The number of amides is 1. The van der Waals surface area contributed by atoms with Crippen molar-refractivity contribution in [3.05, 3.63) is 77.4 Å². The van der Waals surface area contributed by atoms with Crippen LogP contribution in [0.2, 0.25) is 5.02 Å². The number of rotatable bonds is 7. The monoisotopic (exact) mass is 483 g/mol. The van der Waals surface area contributed by atoms with Crippen molar-refractivity contribution in [3.63, 3.8) is 0 Å². The number of pyridine rings is 1. The first-order valence-electron chi connectivity index (χ1n) is 10.4. The molecule has 0 saturated carbocycles. The van der Waals surface area contributed by atoms with Crippen LogP contribution in [0.15, 0.2) is 76.7 Å². The van der Waals surface area contributed by atoms with Crippen LogP contribution in [0.5, 0.6) is 0 Å². The number of benzene rings is 2. The molecule has 1 aromatic heterocycles. The van der Waals surface area contributed by atoms with Crippen LogP contribution < -0.4 is 10.2 Å². The molecule has 1 aliphatic heterocycles. The summed E-state index contributed by atoms with van der Waals surface area (Å²) in [5.41, 5.74) is 0.925. The first-order valence-corrected chi connectivity index (χ1v) is 11.6. The Balaban J connectivity index is 1.31. The molecule has 0 spiro atoms. The van der Waals surface area contributed by atoms with Gasteiger partial charge in [-0.1, -0.05) is 35.5 Å². The van der Waals surface area contributed by atoms with Crippen LogP contribution in [0.3, 0.4) is 0 Å². The Hall–Kier alpha value is -3.07. The molecule has 4 rings (SSSR count). The Morgan fingerprint density at radius 2 is 1.82 bits per heavy atom. The van der Waals surface area contributed by atoms with E-state index in [0.717, 1.165) is 28.7 Å². The number of aromatic nitrogens is 1. The van der Waals surface area contributed by atoms with Crippen LogP contribution in [0, 0.1) is 0 Å². The number of nitrogens with one attached hydrogen (secondary N) is 1. The van der Waals surface area contributed by atoms with Crippen LogP contribution in [0.4, 0.5) is 11.5 Å². The number of anilines is 2. The van der Waals surface area contributed by atoms with E-state index in [0.29, 0.717) is 29.5 Å². The lowest BCUT2D eigenvalue weighted by atomic mass is 10.2. The molecule has 1 saturated heterocycles. The Morgan fingerprint density at radius 3 is 2.55 bits per heavy atom. The van der Waals surface area contributed by atoms with Crippen molar-refractivity contribution in [2.75, 3.05) is 43.1 Å². The molecule has 2 heterocycles. The van der Waals surface area contributed by atoms with Gasteiger partial charge in [-0.2, -0.15) is 0 Å². The lowest BCUT2D eigenvalue weighted by molar-refractivity contribution is -0.119. The standard InChI is InChI=1S/C24H22ClN3O4S/c25-18-6-8-19(9-7-18)33-21-4-2-1-3-20(21)27-23(29)16-32-24(30)17-5-10-22(26-15-17)28-11-13-31-14-12-28/h1-10,15H,11-14,16H2,(H,27,29). The van der Waals surface area contributed by atoms with E-state index in [4.69, 9.17) is 21.1 Å². The molecule has 7 nitrogen and oxygen atoms in total. The molecule has 0 unspecified atom stereocenters.